The molecular weight excluding hydrogens is 322 g/mol. The van der Waals surface area contributed by atoms with Crippen LogP contribution in [0.1, 0.15) is 33.3 Å². The van der Waals surface area contributed by atoms with Gasteiger partial charge in [0.1, 0.15) is 0 Å². The zero-order chi connectivity index (χ0) is 13.4. The fourth-order valence-electron chi connectivity index (χ4n) is 2.68. The highest BCUT2D eigenvalue weighted by atomic mass is 79.9. The van der Waals surface area contributed by atoms with E-state index in [2.05, 4.69) is 40.2 Å². The molecule has 3 rings (SSSR count). The van der Waals surface area contributed by atoms with Gasteiger partial charge in [0.15, 0.2) is 0 Å². The Hall–Kier alpha value is -1.13. The van der Waals surface area contributed by atoms with Crippen LogP contribution in [0.4, 0.5) is 0 Å². The lowest BCUT2D eigenvalue weighted by Crippen LogP contribution is -2.29. The predicted octanol–water partition coefficient (Wildman–Crippen LogP) is 4.27. The number of carbonyl (C=O) groups excluding carboxylic acids is 1. The van der Waals surface area contributed by atoms with E-state index in [1.54, 1.807) is 0 Å². The van der Waals surface area contributed by atoms with E-state index < -0.39 is 0 Å². The maximum atomic E-state index is 12.5. The molecule has 4 heteroatoms. The Morgan fingerprint density at radius 3 is 2.84 bits per heavy atom. The highest BCUT2D eigenvalue weighted by molar-refractivity contribution is 9.11. The Labute approximate surface area is 125 Å². The van der Waals surface area contributed by atoms with Crippen LogP contribution >= 0.6 is 27.3 Å². The van der Waals surface area contributed by atoms with E-state index in [0.29, 0.717) is 0 Å². The first-order chi connectivity index (χ1) is 9.16. The SMILES string of the molecule is CN(C(=O)c1ccc(Br)s1)[C@@H]1CCc2ccccc21. The number of fused-ring (bicyclic) bond motifs is 1. The van der Waals surface area contributed by atoms with E-state index in [0.717, 1.165) is 21.5 Å². The first kappa shape index (κ1) is 12.9. The molecule has 1 aromatic heterocycles. The van der Waals surface area contributed by atoms with Crippen LogP contribution in [-0.4, -0.2) is 17.9 Å². The van der Waals surface area contributed by atoms with Gasteiger partial charge < -0.3 is 4.90 Å². The standard InChI is InChI=1S/C15H14BrNOS/c1-17(15(18)13-8-9-14(16)19-13)12-7-6-10-4-2-3-5-11(10)12/h2-5,8-9,12H,6-7H2,1H3/t12-/m1/s1. The molecule has 0 bridgehead atoms. The summed E-state index contributed by atoms with van der Waals surface area (Å²) in [5.74, 6) is 0.109. The number of benzene rings is 1. The Morgan fingerprint density at radius 1 is 1.32 bits per heavy atom. The molecule has 0 aliphatic heterocycles. The molecule has 1 atom stereocenters. The van der Waals surface area contributed by atoms with Crippen molar-refractivity contribution in [2.24, 2.45) is 0 Å². The Balaban J connectivity index is 1.86. The van der Waals surface area contributed by atoms with Gasteiger partial charge in [-0.3, -0.25) is 4.79 Å². The first-order valence-electron chi connectivity index (χ1n) is 6.27. The second kappa shape index (κ2) is 5.10. The van der Waals surface area contributed by atoms with Gasteiger partial charge in [-0.15, -0.1) is 11.3 Å². The van der Waals surface area contributed by atoms with Crippen LogP contribution in [0, 0.1) is 0 Å². The van der Waals surface area contributed by atoms with Gasteiger partial charge in [-0.05, 0) is 52.0 Å². The molecule has 98 valence electrons. The Kier molecular flexibility index (Phi) is 3.46. The Morgan fingerprint density at radius 2 is 2.11 bits per heavy atom. The van der Waals surface area contributed by atoms with Crippen molar-refractivity contribution in [2.75, 3.05) is 7.05 Å². The molecule has 0 spiro atoms. The molecule has 1 aromatic carbocycles. The molecule has 0 unspecified atom stereocenters. The lowest BCUT2D eigenvalue weighted by Gasteiger charge is -2.25. The number of aryl methyl sites for hydroxylation is 1. The molecule has 2 aromatic rings. The van der Waals surface area contributed by atoms with Crippen LogP contribution in [0.5, 0.6) is 0 Å². The van der Waals surface area contributed by atoms with E-state index in [1.807, 2.05) is 24.1 Å². The third-order valence-electron chi connectivity index (χ3n) is 3.67. The van der Waals surface area contributed by atoms with Crippen molar-refractivity contribution in [3.8, 4) is 0 Å². The van der Waals surface area contributed by atoms with Crippen LogP contribution < -0.4 is 0 Å². The van der Waals surface area contributed by atoms with Gasteiger partial charge in [0.2, 0.25) is 0 Å². The van der Waals surface area contributed by atoms with E-state index in [1.165, 1.54) is 22.5 Å². The zero-order valence-corrected chi connectivity index (χ0v) is 13.0. The van der Waals surface area contributed by atoms with Gasteiger partial charge in [-0.25, -0.2) is 0 Å². The molecule has 1 aliphatic carbocycles. The van der Waals surface area contributed by atoms with E-state index in [-0.39, 0.29) is 11.9 Å². The summed E-state index contributed by atoms with van der Waals surface area (Å²) in [5.41, 5.74) is 2.67. The molecule has 1 aliphatic rings. The molecule has 19 heavy (non-hydrogen) atoms. The van der Waals surface area contributed by atoms with Gasteiger partial charge in [-0.1, -0.05) is 24.3 Å². The van der Waals surface area contributed by atoms with Gasteiger partial charge >= 0.3 is 0 Å². The average molecular weight is 336 g/mol. The summed E-state index contributed by atoms with van der Waals surface area (Å²) in [6.07, 6.45) is 2.08. The van der Waals surface area contributed by atoms with Crippen molar-refractivity contribution in [1.82, 2.24) is 4.90 Å². The van der Waals surface area contributed by atoms with Crippen molar-refractivity contribution >= 4 is 33.2 Å². The average Bonchev–Trinajstić information content (AvgIpc) is 3.03. The van der Waals surface area contributed by atoms with Crippen molar-refractivity contribution in [2.45, 2.75) is 18.9 Å². The molecule has 0 radical (unpaired) electrons. The second-order valence-corrected chi connectivity index (χ2v) is 7.24. The summed E-state index contributed by atoms with van der Waals surface area (Å²) in [7, 11) is 1.91. The molecule has 0 fully saturated rings. The van der Waals surface area contributed by atoms with Crippen LogP contribution in [0.2, 0.25) is 0 Å². The number of thiophene rings is 1. The van der Waals surface area contributed by atoms with Crippen molar-refractivity contribution in [1.29, 1.82) is 0 Å². The van der Waals surface area contributed by atoms with Crippen LogP contribution in [0.3, 0.4) is 0 Å². The Bertz CT molecular complexity index is 622. The number of rotatable bonds is 2. The summed E-state index contributed by atoms with van der Waals surface area (Å²) in [4.78, 5) is 15.1. The smallest absolute Gasteiger partial charge is 0.264 e. The number of nitrogens with zero attached hydrogens (tertiary/aromatic N) is 1. The molecule has 1 heterocycles. The number of hydrogen-bond donors (Lipinski definition) is 0. The summed E-state index contributed by atoms with van der Waals surface area (Å²) in [5, 5.41) is 0. The zero-order valence-electron chi connectivity index (χ0n) is 10.6. The number of halogens is 1. The monoisotopic (exact) mass is 335 g/mol. The third-order valence-corrected chi connectivity index (χ3v) is 5.28. The number of hydrogen-bond acceptors (Lipinski definition) is 2. The van der Waals surface area contributed by atoms with Crippen molar-refractivity contribution in [3.63, 3.8) is 0 Å². The largest absolute Gasteiger partial charge is 0.334 e. The van der Waals surface area contributed by atoms with Gasteiger partial charge in [0.25, 0.3) is 5.91 Å². The number of amides is 1. The highest BCUT2D eigenvalue weighted by Crippen LogP contribution is 2.36. The third kappa shape index (κ3) is 2.35. The minimum absolute atomic E-state index is 0.109. The quantitative estimate of drug-likeness (QED) is 0.802. The van der Waals surface area contributed by atoms with Crippen LogP contribution in [-0.2, 0) is 6.42 Å². The highest BCUT2D eigenvalue weighted by Gasteiger charge is 2.29. The van der Waals surface area contributed by atoms with E-state index >= 15 is 0 Å². The van der Waals surface area contributed by atoms with E-state index in [9.17, 15) is 4.79 Å². The fourth-order valence-corrected chi connectivity index (χ4v) is 4.05. The fraction of sp³-hybridized carbons (Fsp3) is 0.267. The predicted molar refractivity (Wildman–Crippen MR) is 81.6 cm³/mol. The maximum Gasteiger partial charge on any atom is 0.264 e. The minimum atomic E-state index is 0.109. The first-order valence-corrected chi connectivity index (χ1v) is 7.88. The maximum absolute atomic E-state index is 12.5. The van der Waals surface area contributed by atoms with Crippen molar-refractivity contribution < 1.29 is 4.79 Å². The molecule has 0 N–H and O–H groups in total. The molecule has 1 amide bonds. The summed E-state index contributed by atoms with van der Waals surface area (Å²) in [6, 6.07) is 12.4. The summed E-state index contributed by atoms with van der Waals surface area (Å²) in [6.45, 7) is 0. The number of carbonyl (C=O) groups is 1. The molecular formula is C15H14BrNOS. The second-order valence-electron chi connectivity index (χ2n) is 4.77. The van der Waals surface area contributed by atoms with Crippen LogP contribution in [0.15, 0.2) is 40.2 Å². The summed E-state index contributed by atoms with van der Waals surface area (Å²) >= 11 is 4.90. The molecule has 0 saturated carbocycles. The summed E-state index contributed by atoms with van der Waals surface area (Å²) < 4.78 is 0.996. The minimum Gasteiger partial charge on any atom is -0.334 e. The topological polar surface area (TPSA) is 20.3 Å². The van der Waals surface area contributed by atoms with Gasteiger partial charge in [0, 0.05) is 7.05 Å². The molecule has 2 nitrogen and oxygen atoms in total. The normalized spacial score (nSPS) is 17.3. The lowest BCUT2D eigenvalue weighted by atomic mass is 10.1. The van der Waals surface area contributed by atoms with Crippen molar-refractivity contribution in [3.05, 3.63) is 56.2 Å². The van der Waals surface area contributed by atoms with Gasteiger partial charge in [0.05, 0.1) is 14.7 Å². The molecule has 0 saturated heterocycles. The van der Waals surface area contributed by atoms with Crippen LogP contribution in [0.25, 0.3) is 0 Å². The van der Waals surface area contributed by atoms with Gasteiger partial charge in [-0.2, -0.15) is 0 Å². The van der Waals surface area contributed by atoms with E-state index in [4.69, 9.17) is 0 Å². The lowest BCUT2D eigenvalue weighted by molar-refractivity contribution is 0.0735.